The van der Waals surface area contributed by atoms with Crippen molar-refractivity contribution in [3.63, 3.8) is 0 Å². The van der Waals surface area contributed by atoms with Crippen LogP contribution in [-0.2, 0) is 11.3 Å². The molecule has 0 saturated heterocycles. The summed E-state index contributed by atoms with van der Waals surface area (Å²) in [5.41, 5.74) is 1.14. The molecule has 1 heterocycles. The lowest BCUT2D eigenvalue weighted by Gasteiger charge is -2.16. The molecule has 1 aromatic heterocycles. The molecule has 1 amide bonds. The molecule has 0 unspecified atom stereocenters. The Hall–Kier alpha value is -1.46. The van der Waals surface area contributed by atoms with Gasteiger partial charge in [0.05, 0.1) is 18.9 Å². The van der Waals surface area contributed by atoms with Crippen molar-refractivity contribution in [2.45, 2.75) is 13.5 Å². The van der Waals surface area contributed by atoms with Gasteiger partial charge in [0.25, 0.3) is 0 Å². The first-order valence-corrected chi connectivity index (χ1v) is 9.23. The van der Waals surface area contributed by atoms with E-state index in [1.165, 1.54) is 4.88 Å². The number of thioether (sulfide) groups is 1. The van der Waals surface area contributed by atoms with Gasteiger partial charge in [-0.25, -0.2) is 0 Å². The molecule has 118 valence electrons. The SMILES string of the molecule is Cc1ccccc1OCCSCC(=O)N(C)Cc1cccs1. The highest BCUT2D eigenvalue weighted by molar-refractivity contribution is 7.99. The lowest BCUT2D eigenvalue weighted by Crippen LogP contribution is -2.27. The molecule has 0 aliphatic heterocycles. The summed E-state index contributed by atoms with van der Waals surface area (Å²) in [6.07, 6.45) is 0. The number of para-hydroxylation sites is 1. The van der Waals surface area contributed by atoms with Gasteiger partial charge < -0.3 is 9.64 Å². The molecule has 2 aromatic rings. The lowest BCUT2D eigenvalue weighted by molar-refractivity contribution is -0.127. The Balaban J connectivity index is 1.62. The number of amides is 1. The zero-order chi connectivity index (χ0) is 15.8. The molecular formula is C17H21NO2S2. The van der Waals surface area contributed by atoms with Gasteiger partial charge in [-0.1, -0.05) is 24.3 Å². The van der Waals surface area contributed by atoms with E-state index in [2.05, 4.69) is 6.07 Å². The van der Waals surface area contributed by atoms with Crippen LogP contribution in [0.1, 0.15) is 10.4 Å². The van der Waals surface area contributed by atoms with Gasteiger partial charge in [-0.15, -0.1) is 23.1 Å². The highest BCUT2D eigenvalue weighted by Gasteiger charge is 2.09. The van der Waals surface area contributed by atoms with Crippen LogP contribution in [0.2, 0.25) is 0 Å². The zero-order valence-corrected chi connectivity index (χ0v) is 14.6. The molecule has 0 N–H and O–H groups in total. The Morgan fingerprint density at radius 3 is 2.82 bits per heavy atom. The van der Waals surface area contributed by atoms with Crippen LogP contribution in [0.4, 0.5) is 0 Å². The quantitative estimate of drug-likeness (QED) is 0.687. The summed E-state index contributed by atoms with van der Waals surface area (Å²) in [5, 5.41) is 2.03. The molecule has 2 rings (SSSR count). The standard InChI is InChI=1S/C17H21NO2S2/c1-14-6-3-4-8-16(14)20-9-11-21-13-17(19)18(2)12-15-7-5-10-22-15/h3-8,10H,9,11-13H2,1-2H3. The molecule has 5 heteroatoms. The van der Waals surface area contributed by atoms with Crippen molar-refractivity contribution in [2.75, 3.05) is 25.2 Å². The van der Waals surface area contributed by atoms with Gasteiger partial charge in [0.15, 0.2) is 0 Å². The fourth-order valence-electron chi connectivity index (χ4n) is 1.92. The number of ether oxygens (including phenoxy) is 1. The molecule has 0 fully saturated rings. The highest BCUT2D eigenvalue weighted by Crippen LogP contribution is 2.16. The second kappa shape index (κ2) is 8.86. The van der Waals surface area contributed by atoms with Crippen LogP contribution in [0.25, 0.3) is 0 Å². The second-order valence-corrected chi connectivity index (χ2v) is 7.13. The summed E-state index contributed by atoms with van der Waals surface area (Å²) in [7, 11) is 1.85. The predicted molar refractivity (Wildman–Crippen MR) is 94.8 cm³/mol. The minimum absolute atomic E-state index is 0.161. The first kappa shape index (κ1) is 16.9. The summed E-state index contributed by atoms with van der Waals surface area (Å²) in [6.45, 7) is 3.35. The van der Waals surface area contributed by atoms with E-state index in [0.717, 1.165) is 17.1 Å². The minimum atomic E-state index is 0.161. The maximum Gasteiger partial charge on any atom is 0.232 e. The number of hydrogen-bond acceptors (Lipinski definition) is 4. The fraction of sp³-hybridized carbons (Fsp3) is 0.353. The van der Waals surface area contributed by atoms with Gasteiger partial charge in [-0.2, -0.15) is 0 Å². The van der Waals surface area contributed by atoms with E-state index in [-0.39, 0.29) is 5.91 Å². The van der Waals surface area contributed by atoms with E-state index in [1.54, 1.807) is 28.0 Å². The molecule has 0 aliphatic carbocycles. The third-order valence-corrected chi connectivity index (χ3v) is 4.97. The number of aryl methyl sites for hydroxylation is 1. The molecule has 0 saturated carbocycles. The van der Waals surface area contributed by atoms with Gasteiger partial charge in [0, 0.05) is 17.7 Å². The average Bonchev–Trinajstić information content (AvgIpc) is 3.01. The Morgan fingerprint density at radius 1 is 1.27 bits per heavy atom. The van der Waals surface area contributed by atoms with Gasteiger partial charge in [0.1, 0.15) is 5.75 Å². The van der Waals surface area contributed by atoms with Crippen LogP contribution in [0, 0.1) is 6.92 Å². The Labute approximate surface area is 140 Å². The van der Waals surface area contributed by atoms with Crippen molar-refractivity contribution in [1.82, 2.24) is 4.90 Å². The largest absolute Gasteiger partial charge is 0.492 e. The number of hydrogen-bond donors (Lipinski definition) is 0. The summed E-state index contributed by atoms with van der Waals surface area (Å²) < 4.78 is 5.72. The zero-order valence-electron chi connectivity index (χ0n) is 13.0. The molecule has 0 aliphatic rings. The predicted octanol–water partition coefficient (Wildman–Crippen LogP) is 3.83. The van der Waals surface area contributed by atoms with Crippen LogP contribution in [0.5, 0.6) is 5.75 Å². The summed E-state index contributed by atoms with van der Waals surface area (Å²) in [6, 6.07) is 12.0. The molecular weight excluding hydrogens is 314 g/mol. The van der Waals surface area contributed by atoms with E-state index < -0.39 is 0 Å². The molecule has 1 aromatic carbocycles. The van der Waals surface area contributed by atoms with Crippen LogP contribution in [-0.4, -0.2) is 36.0 Å². The molecule has 0 atom stereocenters. The molecule has 0 spiro atoms. The van der Waals surface area contributed by atoms with Gasteiger partial charge in [0.2, 0.25) is 5.91 Å². The molecule has 0 radical (unpaired) electrons. The molecule has 22 heavy (non-hydrogen) atoms. The number of carbonyl (C=O) groups excluding carboxylic acids is 1. The van der Waals surface area contributed by atoms with Crippen molar-refractivity contribution in [3.05, 3.63) is 52.2 Å². The van der Waals surface area contributed by atoms with Crippen LogP contribution >= 0.6 is 23.1 Å². The van der Waals surface area contributed by atoms with Crippen LogP contribution < -0.4 is 4.74 Å². The highest BCUT2D eigenvalue weighted by atomic mass is 32.2. The first-order valence-electron chi connectivity index (χ1n) is 7.19. The van der Waals surface area contributed by atoms with E-state index in [4.69, 9.17) is 4.74 Å². The Morgan fingerprint density at radius 2 is 2.09 bits per heavy atom. The van der Waals surface area contributed by atoms with Crippen molar-refractivity contribution < 1.29 is 9.53 Å². The number of benzene rings is 1. The monoisotopic (exact) mass is 335 g/mol. The van der Waals surface area contributed by atoms with Crippen LogP contribution in [0.3, 0.4) is 0 Å². The van der Waals surface area contributed by atoms with Gasteiger partial charge in [-0.05, 0) is 30.0 Å². The normalized spacial score (nSPS) is 10.5. The summed E-state index contributed by atoms with van der Waals surface area (Å²) in [4.78, 5) is 15.0. The van der Waals surface area contributed by atoms with Crippen molar-refractivity contribution in [1.29, 1.82) is 0 Å². The first-order chi connectivity index (χ1) is 10.7. The maximum absolute atomic E-state index is 12.0. The summed E-state index contributed by atoms with van der Waals surface area (Å²) in [5.74, 6) is 2.39. The van der Waals surface area contributed by atoms with Crippen LogP contribution in [0.15, 0.2) is 41.8 Å². The van der Waals surface area contributed by atoms with Crippen molar-refractivity contribution >= 4 is 29.0 Å². The second-order valence-electron chi connectivity index (χ2n) is 5.00. The molecule has 0 bridgehead atoms. The number of rotatable bonds is 8. The Kier molecular flexibility index (Phi) is 6.80. The smallest absolute Gasteiger partial charge is 0.232 e. The Bertz CT molecular complexity index is 584. The lowest BCUT2D eigenvalue weighted by atomic mass is 10.2. The number of nitrogens with zero attached hydrogens (tertiary/aromatic N) is 1. The van der Waals surface area contributed by atoms with Gasteiger partial charge >= 0.3 is 0 Å². The number of carbonyl (C=O) groups is 1. The third kappa shape index (κ3) is 5.39. The average molecular weight is 335 g/mol. The number of thiophene rings is 1. The van der Waals surface area contributed by atoms with Crippen molar-refractivity contribution in [2.24, 2.45) is 0 Å². The maximum atomic E-state index is 12.0. The topological polar surface area (TPSA) is 29.5 Å². The minimum Gasteiger partial charge on any atom is -0.492 e. The summed E-state index contributed by atoms with van der Waals surface area (Å²) >= 11 is 3.29. The molecule has 3 nitrogen and oxygen atoms in total. The third-order valence-electron chi connectivity index (χ3n) is 3.20. The van der Waals surface area contributed by atoms with E-state index in [1.807, 2.05) is 49.7 Å². The fourth-order valence-corrected chi connectivity index (χ4v) is 3.42. The van der Waals surface area contributed by atoms with Gasteiger partial charge in [-0.3, -0.25) is 4.79 Å². The van der Waals surface area contributed by atoms with E-state index in [9.17, 15) is 4.79 Å². The van der Waals surface area contributed by atoms with E-state index in [0.29, 0.717) is 18.9 Å². The van der Waals surface area contributed by atoms with E-state index >= 15 is 0 Å². The van der Waals surface area contributed by atoms with Crippen molar-refractivity contribution in [3.8, 4) is 5.75 Å².